The number of halogens is 5. The van der Waals surface area contributed by atoms with E-state index in [9.17, 15) is 26.7 Å². The highest BCUT2D eigenvalue weighted by molar-refractivity contribution is 5.93. The first-order chi connectivity index (χ1) is 8.24. The van der Waals surface area contributed by atoms with Crippen LogP contribution in [0.5, 0.6) is 0 Å². The molecule has 0 unspecified atom stereocenters. The molecule has 1 heterocycles. The maximum absolute atomic E-state index is 12.7. The van der Waals surface area contributed by atoms with Crippen molar-refractivity contribution in [3.8, 4) is 0 Å². The van der Waals surface area contributed by atoms with Crippen LogP contribution in [0.1, 0.15) is 10.4 Å². The van der Waals surface area contributed by atoms with Crippen LogP contribution in [0.15, 0.2) is 12.3 Å². The molecule has 0 atom stereocenters. The number of nitrogens with one attached hydrogen (secondary N) is 1. The highest BCUT2D eigenvalue weighted by Crippen LogP contribution is 2.24. The Kier molecular flexibility index (Phi) is 4.04. The summed E-state index contributed by atoms with van der Waals surface area (Å²) >= 11 is 0. The van der Waals surface area contributed by atoms with Gasteiger partial charge in [0.05, 0.1) is 12.7 Å². The Morgan fingerprint density at radius 1 is 1.50 bits per heavy atom. The first-order valence-electron chi connectivity index (χ1n) is 4.52. The first-order valence-corrected chi connectivity index (χ1v) is 4.52. The van der Waals surface area contributed by atoms with Crippen molar-refractivity contribution >= 4 is 11.8 Å². The van der Waals surface area contributed by atoms with E-state index < -0.39 is 42.1 Å². The van der Waals surface area contributed by atoms with Crippen LogP contribution in [0.25, 0.3) is 0 Å². The Morgan fingerprint density at radius 3 is 2.61 bits per heavy atom. The third-order valence-corrected chi connectivity index (χ3v) is 1.90. The van der Waals surface area contributed by atoms with Crippen molar-refractivity contribution in [2.75, 3.05) is 11.9 Å². The summed E-state index contributed by atoms with van der Waals surface area (Å²) in [7, 11) is 0. The number of hydrogen-bond acceptors (Lipinski definition) is 3. The number of hydrogen-bond donors (Lipinski definition) is 2. The van der Waals surface area contributed by atoms with Gasteiger partial charge in [-0.25, -0.2) is 22.9 Å². The summed E-state index contributed by atoms with van der Waals surface area (Å²) in [4.78, 5) is 13.9. The number of rotatable bonds is 5. The second-order valence-corrected chi connectivity index (χ2v) is 3.27. The van der Waals surface area contributed by atoms with Gasteiger partial charge in [0.15, 0.2) is 0 Å². The quantitative estimate of drug-likeness (QED) is 0.805. The topological polar surface area (TPSA) is 62.2 Å². The van der Waals surface area contributed by atoms with Gasteiger partial charge in [0.25, 0.3) is 0 Å². The zero-order chi connectivity index (χ0) is 13.9. The van der Waals surface area contributed by atoms with E-state index in [1.807, 2.05) is 0 Å². The Hall–Kier alpha value is -1.93. The van der Waals surface area contributed by atoms with Crippen LogP contribution in [-0.2, 0) is 0 Å². The molecule has 4 nitrogen and oxygen atoms in total. The number of pyridine rings is 1. The second kappa shape index (κ2) is 5.15. The van der Waals surface area contributed by atoms with E-state index in [-0.39, 0.29) is 0 Å². The summed E-state index contributed by atoms with van der Waals surface area (Å²) in [5, 5.41) is 10.4. The van der Waals surface area contributed by atoms with Crippen LogP contribution in [0.4, 0.5) is 27.8 Å². The minimum absolute atomic E-state index is 0.540. The normalized spacial score (nSPS) is 11.7. The van der Waals surface area contributed by atoms with Crippen molar-refractivity contribution in [2.24, 2.45) is 0 Å². The predicted octanol–water partition coefficient (Wildman–Crippen LogP) is 2.23. The molecule has 18 heavy (non-hydrogen) atoms. The van der Waals surface area contributed by atoms with Crippen molar-refractivity contribution in [3.05, 3.63) is 23.6 Å². The number of aromatic nitrogens is 1. The van der Waals surface area contributed by atoms with Gasteiger partial charge >= 0.3 is 18.3 Å². The molecule has 2 N–H and O–H groups in total. The summed E-state index contributed by atoms with van der Waals surface area (Å²) in [5.41, 5.74) is -0.722. The fraction of sp³-hybridized carbons (Fsp3) is 0.333. The molecular formula is C9H7F5N2O2. The molecule has 0 amide bonds. The van der Waals surface area contributed by atoms with Crippen molar-refractivity contribution in [1.29, 1.82) is 0 Å². The molecule has 0 radical (unpaired) electrons. The van der Waals surface area contributed by atoms with Gasteiger partial charge in [-0.2, -0.15) is 8.78 Å². The minimum atomic E-state index is -4.34. The number of nitrogens with zero attached hydrogens (tertiary/aromatic N) is 1. The van der Waals surface area contributed by atoms with Crippen LogP contribution >= 0.6 is 0 Å². The minimum Gasteiger partial charge on any atom is -0.478 e. The SMILES string of the molecule is O=C(O)c1cc(F)cnc1NCC(F)(F)C(F)F. The van der Waals surface area contributed by atoms with E-state index >= 15 is 0 Å². The maximum Gasteiger partial charge on any atom is 0.339 e. The van der Waals surface area contributed by atoms with Crippen molar-refractivity contribution in [3.63, 3.8) is 0 Å². The molecule has 0 aliphatic rings. The van der Waals surface area contributed by atoms with E-state index in [0.29, 0.717) is 12.3 Å². The predicted molar refractivity (Wildman–Crippen MR) is 50.6 cm³/mol. The molecule has 0 saturated carbocycles. The number of anilines is 1. The van der Waals surface area contributed by atoms with Gasteiger partial charge in [-0.3, -0.25) is 0 Å². The average Bonchev–Trinajstić information content (AvgIpc) is 2.27. The largest absolute Gasteiger partial charge is 0.478 e. The number of aromatic carboxylic acids is 1. The van der Waals surface area contributed by atoms with Crippen LogP contribution < -0.4 is 5.32 Å². The summed E-state index contributed by atoms with van der Waals surface area (Å²) in [6.07, 6.45) is -3.33. The van der Waals surface area contributed by atoms with E-state index in [1.54, 1.807) is 5.32 Å². The molecule has 100 valence electrons. The second-order valence-electron chi connectivity index (χ2n) is 3.27. The standard InChI is InChI=1S/C9H7F5N2O2/c10-4-1-5(7(17)18)6(15-2-4)16-3-9(13,14)8(11)12/h1-2,8H,3H2,(H,15,16)(H,17,18). The van der Waals surface area contributed by atoms with Crippen molar-refractivity contribution in [1.82, 2.24) is 4.98 Å². The van der Waals surface area contributed by atoms with Crippen molar-refractivity contribution in [2.45, 2.75) is 12.3 Å². The highest BCUT2D eigenvalue weighted by Gasteiger charge is 2.40. The number of carbonyl (C=O) groups is 1. The summed E-state index contributed by atoms with van der Waals surface area (Å²) in [6.45, 7) is -1.51. The van der Waals surface area contributed by atoms with Crippen molar-refractivity contribution < 1.29 is 31.9 Å². The van der Waals surface area contributed by atoms with Gasteiger partial charge in [-0.05, 0) is 6.07 Å². The average molecular weight is 270 g/mol. The van der Waals surface area contributed by atoms with E-state index in [0.717, 1.165) is 0 Å². The molecular weight excluding hydrogens is 263 g/mol. The summed E-state index contributed by atoms with van der Waals surface area (Å²) < 4.78 is 61.6. The Labute approximate surface area is 97.4 Å². The highest BCUT2D eigenvalue weighted by atomic mass is 19.3. The summed E-state index contributed by atoms with van der Waals surface area (Å²) in [5.74, 6) is -7.56. The Morgan fingerprint density at radius 2 is 2.11 bits per heavy atom. The smallest absolute Gasteiger partial charge is 0.339 e. The number of carboxylic acids is 1. The molecule has 0 aromatic carbocycles. The summed E-state index contributed by atoms with van der Waals surface area (Å²) in [6, 6.07) is 0.540. The number of carboxylic acid groups (broad SMARTS) is 1. The molecule has 1 aromatic rings. The van der Waals surface area contributed by atoms with Crippen LogP contribution in [0.2, 0.25) is 0 Å². The number of alkyl halides is 4. The van der Waals surface area contributed by atoms with Gasteiger partial charge in [0.1, 0.15) is 17.2 Å². The monoisotopic (exact) mass is 270 g/mol. The lowest BCUT2D eigenvalue weighted by molar-refractivity contribution is -0.117. The lowest BCUT2D eigenvalue weighted by Gasteiger charge is -2.16. The van der Waals surface area contributed by atoms with Crippen LogP contribution in [0.3, 0.4) is 0 Å². The first kappa shape index (κ1) is 14.1. The van der Waals surface area contributed by atoms with E-state index in [4.69, 9.17) is 5.11 Å². The van der Waals surface area contributed by atoms with Crippen LogP contribution in [-0.4, -0.2) is 35.0 Å². The zero-order valence-electron chi connectivity index (χ0n) is 8.63. The van der Waals surface area contributed by atoms with Gasteiger partial charge in [-0.15, -0.1) is 0 Å². The van der Waals surface area contributed by atoms with Crippen LogP contribution in [0, 0.1) is 5.82 Å². The molecule has 0 aliphatic heterocycles. The molecule has 0 spiro atoms. The lowest BCUT2D eigenvalue weighted by Crippen LogP contribution is -2.35. The third-order valence-electron chi connectivity index (χ3n) is 1.90. The van der Waals surface area contributed by atoms with Gasteiger partial charge in [0, 0.05) is 0 Å². The van der Waals surface area contributed by atoms with E-state index in [2.05, 4.69) is 4.98 Å². The maximum atomic E-state index is 12.7. The van der Waals surface area contributed by atoms with Gasteiger partial charge in [-0.1, -0.05) is 0 Å². The molecule has 0 aliphatic carbocycles. The lowest BCUT2D eigenvalue weighted by atomic mass is 10.2. The Bertz CT molecular complexity index is 453. The fourth-order valence-corrected chi connectivity index (χ4v) is 1.02. The van der Waals surface area contributed by atoms with E-state index in [1.165, 1.54) is 0 Å². The molecule has 1 aromatic heterocycles. The van der Waals surface area contributed by atoms with Gasteiger partial charge < -0.3 is 10.4 Å². The molecule has 1 rings (SSSR count). The van der Waals surface area contributed by atoms with Gasteiger partial charge in [0.2, 0.25) is 0 Å². The Balaban J connectivity index is 2.89. The third kappa shape index (κ3) is 3.28. The molecule has 9 heteroatoms. The zero-order valence-corrected chi connectivity index (χ0v) is 8.63. The fourth-order valence-electron chi connectivity index (χ4n) is 1.02. The molecule has 0 fully saturated rings. The molecule has 0 bridgehead atoms. The molecule has 0 saturated heterocycles.